The summed E-state index contributed by atoms with van der Waals surface area (Å²) in [5, 5.41) is 18.6. The number of hydrogen-bond acceptors (Lipinski definition) is 30. The topological polar surface area (TPSA) is 370 Å². The van der Waals surface area contributed by atoms with E-state index in [0.717, 1.165) is 44.8 Å². The molecule has 0 radical (unpaired) electrons. The molecular formula is C77H89N7O27. The van der Waals surface area contributed by atoms with E-state index in [-0.39, 0.29) is 128 Å². The largest absolute Gasteiger partial charge is 0.497 e. The van der Waals surface area contributed by atoms with Gasteiger partial charge in [-0.05, 0) is 108 Å². The summed E-state index contributed by atoms with van der Waals surface area (Å²) in [6, 6.07) is 22.7. The average molecular weight is 1540 g/mol. The Labute approximate surface area is 638 Å². The van der Waals surface area contributed by atoms with Crippen LogP contribution < -0.4 is 67.7 Å². The Morgan fingerprint density at radius 1 is 0.459 bits per heavy atom. The lowest BCUT2D eigenvalue weighted by atomic mass is 9.65. The Morgan fingerprint density at radius 2 is 0.883 bits per heavy atom. The number of hydrogen-bond donors (Lipinski definition) is 2. The summed E-state index contributed by atoms with van der Waals surface area (Å²) in [6.07, 6.45) is 1.06. The Morgan fingerprint density at radius 3 is 1.34 bits per heavy atom. The van der Waals surface area contributed by atoms with E-state index in [9.17, 15) is 38.4 Å². The summed E-state index contributed by atoms with van der Waals surface area (Å²) in [7, 11) is 10.9. The second kappa shape index (κ2) is 37.5. The molecule has 8 aliphatic rings. The molecule has 6 aliphatic heterocycles. The molecular weight excluding hydrogens is 1450 g/mol. The first-order chi connectivity index (χ1) is 54.1. The fourth-order valence-electron chi connectivity index (χ4n) is 14.4. The molecule has 0 saturated carbocycles. The fourth-order valence-corrected chi connectivity index (χ4v) is 14.4. The van der Waals surface area contributed by atoms with Gasteiger partial charge in [-0.1, -0.05) is 5.16 Å². The van der Waals surface area contributed by atoms with Crippen molar-refractivity contribution in [3.05, 3.63) is 106 Å². The van der Waals surface area contributed by atoms with E-state index in [2.05, 4.69) is 15.8 Å². The number of fused-ring (bicyclic) bond motifs is 8. The van der Waals surface area contributed by atoms with Crippen LogP contribution in [0.2, 0.25) is 0 Å². The van der Waals surface area contributed by atoms with Gasteiger partial charge in [0.25, 0.3) is 23.6 Å². The molecule has 0 bridgehead atoms. The number of methoxy groups -OCH3 is 7. The molecule has 0 aromatic heterocycles. The summed E-state index contributed by atoms with van der Waals surface area (Å²) in [4.78, 5) is 114. The third-order valence-electron chi connectivity index (χ3n) is 19.7. The molecule has 2 fully saturated rings. The number of rotatable bonds is 37. The lowest BCUT2D eigenvalue weighted by Gasteiger charge is -2.38. The van der Waals surface area contributed by atoms with Crippen LogP contribution in [0.15, 0.2) is 83.1 Å². The highest BCUT2D eigenvalue weighted by atomic mass is 16.7. The van der Waals surface area contributed by atoms with Crippen LogP contribution in [0.5, 0.6) is 63.2 Å². The number of oxime groups is 1. The number of imide groups is 2. The van der Waals surface area contributed by atoms with Crippen molar-refractivity contribution in [2.45, 2.75) is 63.2 Å². The van der Waals surface area contributed by atoms with Crippen molar-refractivity contribution in [3.8, 4) is 63.2 Å². The van der Waals surface area contributed by atoms with E-state index >= 15 is 0 Å². The van der Waals surface area contributed by atoms with Gasteiger partial charge in [-0.25, -0.2) is 9.59 Å². The van der Waals surface area contributed by atoms with E-state index < -0.39 is 59.2 Å². The Bertz CT molecular complexity index is 4220. The minimum atomic E-state index is -0.721. The fraction of sp³-hybridized carbons (Fsp3) is 0.481. The average Bonchev–Trinajstić information content (AvgIpc) is 1.67. The first-order valence-electron chi connectivity index (χ1n) is 36.3. The smallest absolute Gasteiger partial charge is 0.335 e. The maximum absolute atomic E-state index is 14.6. The molecule has 5 aromatic carbocycles. The van der Waals surface area contributed by atoms with Crippen molar-refractivity contribution in [3.63, 3.8) is 0 Å². The lowest BCUT2D eigenvalue weighted by Crippen LogP contribution is -2.46. The molecule has 2 aliphatic carbocycles. The van der Waals surface area contributed by atoms with E-state index in [1.54, 1.807) is 42.7 Å². The lowest BCUT2D eigenvalue weighted by molar-refractivity contribution is -0.198. The molecule has 6 atom stereocenters. The number of carbonyl (C=O) groups excluding carboxylic acids is 8. The van der Waals surface area contributed by atoms with Crippen molar-refractivity contribution in [1.82, 2.24) is 20.8 Å². The van der Waals surface area contributed by atoms with E-state index in [0.29, 0.717) is 132 Å². The van der Waals surface area contributed by atoms with Crippen molar-refractivity contribution in [2.75, 3.05) is 161 Å². The number of anilines is 1. The van der Waals surface area contributed by atoms with E-state index in [4.69, 9.17) is 95.4 Å². The number of hydrazone groups is 1. The zero-order valence-electron chi connectivity index (χ0n) is 62.6. The molecule has 0 spiro atoms. The normalized spacial score (nSPS) is 19.3. The number of nitrogens with one attached hydrogen (secondary N) is 2. The van der Waals surface area contributed by atoms with Crippen molar-refractivity contribution >= 4 is 64.5 Å². The second-order valence-corrected chi connectivity index (χ2v) is 26.2. The molecule has 1 unspecified atom stereocenters. The van der Waals surface area contributed by atoms with Gasteiger partial charge in [0, 0.05) is 80.7 Å². The van der Waals surface area contributed by atoms with Crippen LogP contribution in [0, 0.1) is 23.7 Å². The molecule has 34 heteroatoms. The summed E-state index contributed by atoms with van der Waals surface area (Å²) in [5.74, 6) is -0.980. The van der Waals surface area contributed by atoms with Gasteiger partial charge in [-0.2, -0.15) is 5.10 Å². The summed E-state index contributed by atoms with van der Waals surface area (Å²) in [6.45, 7) is 4.05. The summed E-state index contributed by atoms with van der Waals surface area (Å²) in [5.41, 5.74) is 7.17. The molecule has 2 N–H and O–H groups in total. The molecule has 111 heavy (non-hydrogen) atoms. The van der Waals surface area contributed by atoms with Gasteiger partial charge < -0.3 is 101 Å². The monoisotopic (exact) mass is 1540 g/mol. The van der Waals surface area contributed by atoms with Crippen molar-refractivity contribution in [1.29, 1.82) is 0 Å². The highest BCUT2D eigenvalue weighted by Gasteiger charge is 2.52. The van der Waals surface area contributed by atoms with Crippen LogP contribution in [0.3, 0.4) is 0 Å². The molecule has 13 rings (SSSR count). The standard InChI is InChI=1S/C40H44N4O12.C37H45N3O15/c1-49-25-10-8-24(9-11-25)43-21-28-37(40(48)41-14-16-53-15-6-5-7-35(47)56-44-33(45)12-13-34(44)46)36(23-17-31(50-2)39(52-4)32(18-23)51-3)26-19-29-30(55-22-54-29)20-27(26)38(28)42-43;1-45-28-16-22(17-29(46-2)36(28)47-3)33-23-18-26-27(53-21-52-26)19-24(23)35-25(20-54-39-35)34(33)37(44)38-7-9-49-11-13-51-15-14-50-12-10-48-8-6-32(43)55-40-30(41)4-5-31(40)42/h8-11,17-20,28,36-37H,5-7,12-16,21-22H2,1-4H3,(H,41,48);16-19,25,33-34H,4-15,20-21H2,1-3H3,(H,38,44)/t28-,36+,37-;25?,33-,34+/m01/s1. The predicted octanol–water partition coefficient (Wildman–Crippen LogP) is 5.70. The number of amides is 6. The molecule has 6 heterocycles. The third kappa shape index (κ3) is 18.2. The van der Waals surface area contributed by atoms with Gasteiger partial charge in [0.1, 0.15) is 12.4 Å². The summed E-state index contributed by atoms with van der Waals surface area (Å²) >= 11 is 0. The molecule has 2 saturated heterocycles. The SMILES string of the molecule is COc1cc([C@@H]2c3cc4c(cc3C3=NOCC3[C@@H]2C(=O)NCCOCCOCCOCCOCCC(=O)ON2C(=O)CCC2=O)OCO4)cc(OC)c1OC.COc1ccc(N2C[C@@H]3C(=N2)c2cc4c(cc2[C@@H](c2cc(OC)c(OC)c(OC)c2)[C@H]3C(=O)NCCOCCCCC(=O)ON2C(=O)CCC2=O)OCO4)cc1. The zero-order valence-corrected chi connectivity index (χ0v) is 62.6. The van der Waals surface area contributed by atoms with Gasteiger partial charge >= 0.3 is 11.9 Å². The summed E-state index contributed by atoms with van der Waals surface area (Å²) < 4.78 is 90.3. The Balaban J connectivity index is 0.000000206. The number of ether oxygens (including phenoxy) is 16. The quantitative estimate of drug-likeness (QED) is 0.0356. The minimum absolute atomic E-state index is 0.0296. The van der Waals surface area contributed by atoms with Gasteiger partial charge in [-0.15, -0.1) is 10.1 Å². The second-order valence-electron chi connectivity index (χ2n) is 26.2. The van der Waals surface area contributed by atoms with E-state index in [1.165, 1.54) is 7.11 Å². The van der Waals surface area contributed by atoms with Crippen LogP contribution >= 0.6 is 0 Å². The number of nitrogens with zero attached hydrogens (tertiary/aromatic N) is 5. The van der Waals surface area contributed by atoms with Crippen LogP contribution in [-0.2, 0) is 76.6 Å². The van der Waals surface area contributed by atoms with Crippen LogP contribution in [-0.4, -0.2) is 225 Å². The number of benzene rings is 5. The molecule has 6 amide bonds. The maximum atomic E-state index is 14.6. The van der Waals surface area contributed by atoms with Crippen LogP contribution in [0.4, 0.5) is 5.69 Å². The number of hydroxylamine groups is 4. The molecule has 5 aromatic rings. The van der Waals surface area contributed by atoms with Crippen LogP contribution in [0.1, 0.15) is 96.6 Å². The third-order valence-corrected chi connectivity index (χ3v) is 19.7. The molecule has 34 nitrogen and oxygen atoms in total. The first-order valence-corrected chi connectivity index (χ1v) is 36.3. The van der Waals surface area contributed by atoms with Gasteiger partial charge in [0.15, 0.2) is 46.0 Å². The Kier molecular flexibility index (Phi) is 26.8. The van der Waals surface area contributed by atoms with Crippen molar-refractivity contribution < 1.29 is 129 Å². The zero-order chi connectivity index (χ0) is 78.1. The van der Waals surface area contributed by atoms with Gasteiger partial charge in [-0.3, -0.25) is 33.8 Å². The molecule has 594 valence electrons. The number of unbranched alkanes of at least 4 members (excludes halogenated alkanes) is 1. The Hall–Kier alpha value is -11.2. The highest BCUT2D eigenvalue weighted by Crippen LogP contribution is 2.55. The maximum Gasteiger partial charge on any atom is 0.335 e. The first kappa shape index (κ1) is 79.4. The highest BCUT2D eigenvalue weighted by molar-refractivity contribution is 6.11. The number of carbonyl (C=O) groups is 8. The predicted molar refractivity (Wildman–Crippen MR) is 387 cm³/mol. The van der Waals surface area contributed by atoms with Gasteiger partial charge in [0.2, 0.25) is 36.9 Å². The van der Waals surface area contributed by atoms with Crippen molar-refractivity contribution in [2.24, 2.45) is 33.9 Å². The van der Waals surface area contributed by atoms with E-state index in [1.807, 2.05) is 77.8 Å². The van der Waals surface area contributed by atoms with Gasteiger partial charge in [0.05, 0.1) is 157 Å². The minimum Gasteiger partial charge on any atom is -0.497 e. The van der Waals surface area contributed by atoms with Crippen LogP contribution in [0.25, 0.3) is 0 Å².